The lowest BCUT2D eigenvalue weighted by molar-refractivity contribution is -0.137. The zero-order valence-corrected chi connectivity index (χ0v) is 18.4. The number of rotatable bonds is 5. The Kier molecular flexibility index (Phi) is 6.18. The average Bonchev–Trinajstić information content (AvgIpc) is 3.49. The van der Waals surface area contributed by atoms with E-state index in [2.05, 4.69) is 4.90 Å². The summed E-state index contributed by atoms with van der Waals surface area (Å²) >= 11 is 5.72. The third-order valence-electron chi connectivity index (χ3n) is 7.19. The Morgan fingerprint density at radius 2 is 1.90 bits per heavy atom. The quantitative estimate of drug-likeness (QED) is 0.730. The molecule has 1 spiro atoms. The average molecular weight is 460 g/mol. The highest BCUT2D eigenvalue weighted by Crippen LogP contribution is 2.53. The minimum absolute atomic E-state index is 0.0784. The fourth-order valence-electron chi connectivity index (χ4n) is 4.92. The molecule has 1 N–H and O–H groups in total. The molecule has 1 aliphatic carbocycles. The van der Waals surface area contributed by atoms with E-state index in [1.165, 1.54) is 12.1 Å². The van der Waals surface area contributed by atoms with Gasteiger partial charge in [-0.05, 0) is 69.3 Å². The molecule has 0 radical (unpaired) electrons. The predicted octanol–water partition coefficient (Wildman–Crippen LogP) is 3.63. The minimum atomic E-state index is -4.54. The molecule has 0 aromatic heterocycles. The second kappa shape index (κ2) is 8.45. The Balaban J connectivity index is 1.31. The number of carbonyl (C=O) groups excluding carboxylic acids is 1. The number of halogens is 4. The van der Waals surface area contributed by atoms with Crippen LogP contribution in [0.15, 0.2) is 18.2 Å². The summed E-state index contributed by atoms with van der Waals surface area (Å²) < 4.78 is 39.6. The summed E-state index contributed by atoms with van der Waals surface area (Å²) in [5, 5.41) is 9.99. The van der Waals surface area contributed by atoms with Crippen molar-refractivity contribution in [3.63, 3.8) is 0 Å². The second-order valence-corrected chi connectivity index (χ2v) is 9.55. The minimum Gasteiger partial charge on any atom is -0.391 e. The molecule has 1 saturated carbocycles. The first kappa shape index (κ1) is 22.7. The van der Waals surface area contributed by atoms with Gasteiger partial charge >= 0.3 is 6.18 Å². The van der Waals surface area contributed by atoms with Crippen molar-refractivity contribution >= 4 is 23.2 Å². The lowest BCUT2D eigenvalue weighted by atomic mass is 9.90. The molecule has 2 aliphatic heterocycles. The Bertz CT molecular complexity index is 831. The molecule has 1 aromatic rings. The number of hydrogen-bond donors (Lipinski definition) is 1. The number of hydrogen-bond acceptors (Lipinski definition) is 4. The smallest absolute Gasteiger partial charge is 0.391 e. The molecule has 0 bridgehead atoms. The van der Waals surface area contributed by atoms with Crippen molar-refractivity contribution in [3.05, 3.63) is 28.8 Å². The van der Waals surface area contributed by atoms with Crippen molar-refractivity contribution in [2.24, 2.45) is 5.41 Å². The van der Waals surface area contributed by atoms with Gasteiger partial charge in [0.25, 0.3) is 0 Å². The third-order valence-corrected chi connectivity index (χ3v) is 7.52. The molecule has 2 atom stereocenters. The van der Waals surface area contributed by atoms with Gasteiger partial charge in [0, 0.05) is 31.9 Å². The number of piperidine rings is 1. The number of anilines is 1. The molecule has 31 heavy (non-hydrogen) atoms. The van der Waals surface area contributed by atoms with E-state index in [0.29, 0.717) is 31.9 Å². The predicted molar refractivity (Wildman–Crippen MR) is 113 cm³/mol. The highest BCUT2D eigenvalue weighted by atomic mass is 35.5. The van der Waals surface area contributed by atoms with E-state index >= 15 is 0 Å². The zero-order chi connectivity index (χ0) is 22.4. The van der Waals surface area contributed by atoms with Gasteiger partial charge in [-0.1, -0.05) is 11.6 Å². The number of carbonyl (C=O) groups is 1. The SMILES string of the molecule is C[C@@H]1C(=O)N(CCCN2CCC3(CC3)[C@H](O)C2)CCN1c1ccc(Cl)c(C(F)(F)F)c1. The van der Waals surface area contributed by atoms with Crippen LogP contribution in [0.1, 0.15) is 38.2 Å². The van der Waals surface area contributed by atoms with Crippen LogP contribution in [-0.4, -0.2) is 72.2 Å². The fraction of sp³-hybridized carbons (Fsp3) is 0.682. The van der Waals surface area contributed by atoms with Crippen LogP contribution in [0.5, 0.6) is 0 Å². The maximum Gasteiger partial charge on any atom is 0.417 e. The van der Waals surface area contributed by atoms with Crippen molar-refractivity contribution in [2.75, 3.05) is 44.2 Å². The first-order chi connectivity index (χ1) is 14.6. The van der Waals surface area contributed by atoms with Gasteiger partial charge in [-0.25, -0.2) is 0 Å². The standard InChI is InChI=1S/C22H29ClF3N3O2/c1-15-20(31)28(9-2-8-27-10-7-21(5-6-21)19(30)14-27)11-12-29(15)16-3-4-18(23)17(13-16)22(24,25)26/h3-4,13,15,19,30H,2,5-12,14H2,1H3/t15-,19-/m1/s1. The van der Waals surface area contributed by atoms with Gasteiger partial charge in [0.1, 0.15) is 6.04 Å². The highest BCUT2D eigenvalue weighted by molar-refractivity contribution is 6.31. The molecule has 4 rings (SSSR count). The maximum atomic E-state index is 13.2. The first-order valence-electron chi connectivity index (χ1n) is 10.9. The number of β-amino-alcohol motifs (C(OH)–C–C–N with tert-alkyl or cyclic N) is 1. The van der Waals surface area contributed by atoms with Crippen molar-refractivity contribution in [3.8, 4) is 0 Å². The van der Waals surface area contributed by atoms with Crippen LogP contribution in [0.25, 0.3) is 0 Å². The summed E-state index contributed by atoms with van der Waals surface area (Å²) in [7, 11) is 0. The summed E-state index contributed by atoms with van der Waals surface area (Å²) in [5.74, 6) is -0.0784. The van der Waals surface area contributed by atoms with E-state index in [9.17, 15) is 23.1 Å². The number of aliphatic hydroxyl groups excluding tert-OH is 1. The van der Waals surface area contributed by atoms with Gasteiger partial charge in [0.2, 0.25) is 5.91 Å². The molecule has 0 unspecified atom stereocenters. The van der Waals surface area contributed by atoms with Crippen LogP contribution in [-0.2, 0) is 11.0 Å². The molecule has 5 nitrogen and oxygen atoms in total. The monoisotopic (exact) mass is 459 g/mol. The molecule has 172 valence electrons. The number of likely N-dealkylation sites (tertiary alicyclic amines) is 1. The van der Waals surface area contributed by atoms with Gasteiger partial charge in [-0.3, -0.25) is 4.79 Å². The largest absolute Gasteiger partial charge is 0.417 e. The van der Waals surface area contributed by atoms with E-state index in [1.807, 2.05) is 0 Å². The van der Waals surface area contributed by atoms with E-state index in [0.717, 1.165) is 44.8 Å². The zero-order valence-electron chi connectivity index (χ0n) is 17.7. The molecule has 3 aliphatic rings. The Morgan fingerprint density at radius 1 is 1.16 bits per heavy atom. The fourth-order valence-corrected chi connectivity index (χ4v) is 5.15. The molecule has 1 amide bonds. The number of nitrogens with zero attached hydrogens (tertiary/aromatic N) is 3. The third kappa shape index (κ3) is 4.66. The van der Waals surface area contributed by atoms with Crippen LogP contribution in [0, 0.1) is 5.41 Å². The molecular formula is C22H29ClF3N3O2. The van der Waals surface area contributed by atoms with Crippen molar-refractivity contribution < 1.29 is 23.1 Å². The molecule has 9 heteroatoms. The van der Waals surface area contributed by atoms with Gasteiger partial charge < -0.3 is 19.8 Å². The summed E-state index contributed by atoms with van der Waals surface area (Å²) in [6.45, 7) is 5.82. The number of benzene rings is 1. The lowest BCUT2D eigenvalue weighted by Crippen LogP contribution is -2.56. The van der Waals surface area contributed by atoms with Crippen molar-refractivity contribution in [1.82, 2.24) is 9.80 Å². The molecule has 3 fully saturated rings. The van der Waals surface area contributed by atoms with Gasteiger partial charge in [-0.15, -0.1) is 0 Å². The van der Waals surface area contributed by atoms with Crippen LogP contribution >= 0.6 is 11.6 Å². The number of piperazine rings is 1. The van der Waals surface area contributed by atoms with Gasteiger partial charge in [-0.2, -0.15) is 13.2 Å². The van der Waals surface area contributed by atoms with E-state index < -0.39 is 17.8 Å². The van der Waals surface area contributed by atoms with Crippen molar-refractivity contribution in [1.29, 1.82) is 0 Å². The Labute approximate surface area is 185 Å². The number of alkyl halides is 3. The van der Waals surface area contributed by atoms with Crippen LogP contribution in [0.4, 0.5) is 18.9 Å². The normalized spacial score (nSPS) is 26.6. The molecule has 1 aromatic carbocycles. The highest BCUT2D eigenvalue weighted by Gasteiger charge is 2.51. The Hall–Kier alpha value is -1.51. The van der Waals surface area contributed by atoms with Crippen molar-refractivity contribution in [2.45, 2.75) is 50.9 Å². The van der Waals surface area contributed by atoms with E-state index in [-0.39, 0.29) is 22.4 Å². The number of aliphatic hydroxyl groups is 1. The summed E-state index contributed by atoms with van der Waals surface area (Å²) in [6.07, 6.45) is -0.648. The molecule has 2 heterocycles. The summed E-state index contributed by atoms with van der Waals surface area (Å²) in [4.78, 5) is 18.6. The summed E-state index contributed by atoms with van der Waals surface area (Å²) in [6, 6.07) is 3.26. The van der Waals surface area contributed by atoms with Crippen LogP contribution in [0.3, 0.4) is 0 Å². The molecular weight excluding hydrogens is 431 g/mol. The first-order valence-corrected chi connectivity index (χ1v) is 11.3. The second-order valence-electron chi connectivity index (χ2n) is 9.14. The van der Waals surface area contributed by atoms with Crippen LogP contribution < -0.4 is 4.90 Å². The van der Waals surface area contributed by atoms with Crippen LogP contribution in [0.2, 0.25) is 5.02 Å². The van der Waals surface area contributed by atoms with E-state index in [4.69, 9.17) is 11.6 Å². The molecule has 2 saturated heterocycles. The Morgan fingerprint density at radius 3 is 2.55 bits per heavy atom. The summed E-state index contributed by atoms with van der Waals surface area (Å²) in [5.41, 5.74) is -0.342. The van der Waals surface area contributed by atoms with E-state index in [1.54, 1.807) is 16.7 Å². The topological polar surface area (TPSA) is 47.0 Å². The maximum absolute atomic E-state index is 13.2. The van der Waals surface area contributed by atoms with Gasteiger partial charge in [0.05, 0.1) is 16.7 Å². The number of amides is 1. The van der Waals surface area contributed by atoms with Gasteiger partial charge in [0.15, 0.2) is 0 Å². The lowest BCUT2D eigenvalue weighted by Gasteiger charge is -2.41.